The van der Waals surface area contributed by atoms with Crippen LogP contribution in [0.2, 0.25) is 0 Å². The minimum absolute atomic E-state index is 0.00694. The number of ether oxygens (including phenoxy) is 2. The van der Waals surface area contributed by atoms with Crippen LogP contribution < -0.4 is 11.5 Å². The first-order valence-electron chi connectivity index (χ1n) is 8.53. The van der Waals surface area contributed by atoms with Crippen LogP contribution in [0.1, 0.15) is 0 Å². The van der Waals surface area contributed by atoms with Gasteiger partial charge in [-0.1, -0.05) is 34.7 Å². The number of amides is 4. The molecule has 0 aliphatic rings. The zero-order chi connectivity index (χ0) is 26.3. The second kappa shape index (κ2) is 16.5. The van der Waals surface area contributed by atoms with Crippen LogP contribution in [0.5, 0.6) is 0 Å². The monoisotopic (exact) mass is 558 g/mol. The maximum Gasteiger partial charge on any atom is 0.447 e. The third-order valence-electron chi connectivity index (χ3n) is 2.64. The Morgan fingerprint density at radius 1 is 0.706 bits per heavy atom. The Bertz CT molecular complexity index is 764. The smallest absolute Gasteiger partial charge is 0.441 e. The fraction of sp³-hybridized carbons (Fsp3) is 0.429. The SMILES string of the molecule is CN(SN(C)C(=O)O/N=C\C=N/OC(=O)N(C)SN(C)C(=O)OCC(N)=S)C(=O)OCC(N)=S. The van der Waals surface area contributed by atoms with E-state index in [0.29, 0.717) is 24.3 Å². The van der Waals surface area contributed by atoms with E-state index >= 15 is 0 Å². The van der Waals surface area contributed by atoms with Gasteiger partial charge in [0.1, 0.15) is 23.2 Å². The van der Waals surface area contributed by atoms with Gasteiger partial charge in [-0.05, 0) is 0 Å². The highest BCUT2D eigenvalue weighted by molar-refractivity contribution is 7.95. The predicted octanol–water partition coefficient (Wildman–Crippen LogP) is 0.930. The van der Waals surface area contributed by atoms with Crippen LogP contribution in [0.15, 0.2) is 10.3 Å². The molecule has 0 radical (unpaired) electrons. The molecule has 0 aromatic heterocycles. The summed E-state index contributed by atoms with van der Waals surface area (Å²) in [6, 6.07) is 0. The van der Waals surface area contributed by atoms with Crippen molar-refractivity contribution in [3.8, 4) is 0 Å². The van der Waals surface area contributed by atoms with Crippen molar-refractivity contribution in [2.24, 2.45) is 21.8 Å². The minimum Gasteiger partial charge on any atom is -0.441 e. The van der Waals surface area contributed by atoms with E-state index in [-0.39, 0.29) is 23.2 Å². The number of thiocarbonyl (C=S) groups is 2. The fourth-order valence-corrected chi connectivity index (χ4v) is 2.56. The standard InChI is InChI=1S/C14H22N8O8S4/c1-19(11(23)27-7-9(15)31)33-21(3)13(25)29-17-5-6-18-30-14(26)22(4)34-20(2)12(24)28-8-10(16)32/h5-6H,7-8H2,1-4H3,(H2,15,31)(H2,16,32)/b17-5-,18-6-. The van der Waals surface area contributed by atoms with E-state index in [0.717, 1.165) is 29.7 Å². The molecule has 34 heavy (non-hydrogen) atoms. The number of carbonyl (C=O) groups excluding carboxylic acids is 4. The Morgan fingerprint density at radius 2 is 1.00 bits per heavy atom. The molecule has 0 saturated heterocycles. The third kappa shape index (κ3) is 14.1. The number of carbonyl (C=O) groups is 4. The van der Waals surface area contributed by atoms with E-state index in [1.54, 1.807) is 0 Å². The van der Waals surface area contributed by atoms with Crippen molar-refractivity contribution in [2.75, 3.05) is 41.4 Å². The van der Waals surface area contributed by atoms with E-state index in [1.807, 2.05) is 0 Å². The molecule has 0 fully saturated rings. The van der Waals surface area contributed by atoms with Crippen LogP contribution in [-0.4, -0.2) is 105 Å². The highest BCUT2D eigenvalue weighted by atomic mass is 32.2. The Hall–Kier alpha value is -3.10. The van der Waals surface area contributed by atoms with E-state index in [2.05, 4.69) is 44.4 Å². The molecule has 190 valence electrons. The quantitative estimate of drug-likeness (QED) is 0.119. The van der Waals surface area contributed by atoms with E-state index in [4.69, 9.17) is 20.9 Å². The third-order valence-corrected chi connectivity index (χ3v) is 4.46. The predicted molar refractivity (Wildman–Crippen MR) is 132 cm³/mol. The first-order valence-corrected chi connectivity index (χ1v) is 10.8. The molecule has 20 heteroatoms. The fourth-order valence-electron chi connectivity index (χ4n) is 1.27. The molecule has 16 nitrogen and oxygen atoms in total. The molecule has 4 N–H and O–H groups in total. The number of nitrogens with zero attached hydrogens (tertiary/aromatic N) is 6. The lowest BCUT2D eigenvalue weighted by molar-refractivity contribution is 0.132. The molecule has 0 bridgehead atoms. The molecule has 0 heterocycles. The molecule has 0 spiro atoms. The Kier molecular flexibility index (Phi) is 15.0. The van der Waals surface area contributed by atoms with E-state index in [9.17, 15) is 19.2 Å². The molecule has 0 saturated carbocycles. The summed E-state index contributed by atoms with van der Waals surface area (Å²) in [4.78, 5) is 56.0. The lowest BCUT2D eigenvalue weighted by atomic mass is 10.7. The molecule has 0 aromatic rings. The number of oxime groups is 2. The first kappa shape index (κ1) is 30.9. The highest BCUT2D eigenvalue weighted by Crippen LogP contribution is 2.15. The molecule has 0 atom stereocenters. The van der Waals surface area contributed by atoms with Gasteiger partial charge in [-0.2, -0.15) is 0 Å². The van der Waals surface area contributed by atoms with E-state index < -0.39 is 24.4 Å². The van der Waals surface area contributed by atoms with Crippen LogP contribution >= 0.6 is 48.7 Å². The van der Waals surface area contributed by atoms with Crippen LogP contribution in [-0.2, 0) is 19.1 Å². The van der Waals surface area contributed by atoms with Crippen molar-refractivity contribution in [3.05, 3.63) is 0 Å². The van der Waals surface area contributed by atoms with Crippen molar-refractivity contribution in [1.29, 1.82) is 0 Å². The molecule has 4 amide bonds. The number of hydrogen-bond donors (Lipinski definition) is 2. The van der Waals surface area contributed by atoms with Crippen molar-refractivity contribution in [2.45, 2.75) is 0 Å². The average molecular weight is 559 g/mol. The molecule has 0 rings (SSSR count). The summed E-state index contributed by atoms with van der Waals surface area (Å²) in [6.45, 7) is -0.494. The summed E-state index contributed by atoms with van der Waals surface area (Å²) < 4.78 is 13.4. The van der Waals surface area contributed by atoms with Gasteiger partial charge in [0.25, 0.3) is 0 Å². The van der Waals surface area contributed by atoms with Gasteiger partial charge in [-0.25, -0.2) is 36.4 Å². The lowest BCUT2D eigenvalue weighted by Crippen LogP contribution is -2.31. The van der Waals surface area contributed by atoms with Gasteiger partial charge in [-0.15, -0.1) is 0 Å². The maximum absolute atomic E-state index is 11.8. The Balaban J connectivity index is 4.33. The van der Waals surface area contributed by atoms with Gasteiger partial charge in [0, 0.05) is 28.2 Å². The molecular formula is C14H22N8O8S4. The highest BCUT2D eigenvalue weighted by Gasteiger charge is 2.20. The second-order valence-corrected chi connectivity index (χ2v) is 8.98. The van der Waals surface area contributed by atoms with Gasteiger partial charge in [0.15, 0.2) is 0 Å². The summed E-state index contributed by atoms with van der Waals surface area (Å²) in [6.07, 6.45) is -1.64. The van der Waals surface area contributed by atoms with Crippen LogP contribution in [0, 0.1) is 0 Å². The molecule has 0 aliphatic carbocycles. The summed E-state index contributed by atoms with van der Waals surface area (Å²) in [5.74, 6) is 0. The normalized spacial score (nSPS) is 10.4. The molecular weight excluding hydrogens is 536 g/mol. The van der Waals surface area contributed by atoms with Gasteiger partial charge in [-0.3, -0.25) is 9.68 Å². The Labute approximate surface area is 214 Å². The lowest BCUT2D eigenvalue weighted by Gasteiger charge is -2.20. The van der Waals surface area contributed by atoms with Gasteiger partial charge >= 0.3 is 24.4 Å². The summed E-state index contributed by atoms with van der Waals surface area (Å²) in [5, 5.41) is 6.61. The minimum atomic E-state index is -0.943. The summed E-state index contributed by atoms with van der Waals surface area (Å²) >= 11 is 10.5. The first-order chi connectivity index (χ1) is 15.8. The molecule has 0 aromatic carbocycles. The van der Waals surface area contributed by atoms with Gasteiger partial charge < -0.3 is 20.9 Å². The van der Waals surface area contributed by atoms with Crippen LogP contribution in [0.25, 0.3) is 0 Å². The average Bonchev–Trinajstić information content (AvgIpc) is 2.77. The second-order valence-electron chi connectivity index (χ2n) is 5.42. The number of nitrogens with two attached hydrogens (primary N) is 2. The van der Waals surface area contributed by atoms with E-state index in [1.165, 1.54) is 28.2 Å². The van der Waals surface area contributed by atoms with Crippen LogP contribution in [0.4, 0.5) is 19.2 Å². The number of rotatable bonds is 11. The van der Waals surface area contributed by atoms with Gasteiger partial charge in [0.2, 0.25) is 0 Å². The van der Waals surface area contributed by atoms with Crippen molar-refractivity contribution in [1.82, 2.24) is 17.2 Å². The van der Waals surface area contributed by atoms with Crippen LogP contribution in [0.3, 0.4) is 0 Å². The van der Waals surface area contributed by atoms with Crippen molar-refractivity contribution < 1.29 is 38.3 Å². The summed E-state index contributed by atoms with van der Waals surface area (Å²) in [5.41, 5.74) is 10.4. The topological polar surface area (TPSA) is 195 Å². The Morgan fingerprint density at radius 3 is 1.29 bits per heavy atom. The van der Waals surface area contributed by atoms with Crippen molar-refractivity contribution in [3.63, 3.8) is 0 Å². The molecule has 0 unspecified atom stereocenters. The largest absolute Gasteiger partial charge is 0.447 e. The van der Waals surface area contributed by atoms with Gasteiger partial charge in [0.05, 0.1) is 36.7 Å². The maximum atomic E-state index is 11.8. The van der Waals surface area contributed by atoms with Crippen molar-refractivity contribution >= 4 is 95.5 Å². The zero-order valence-electron chi connectivity index (χ0n) is 18.3. The summed E-state index contributed by atoms with van der Waals surface area (Å²) in [7, 11) is 5.29. The number of hydrogen-bond acceptors (Lipinski definition) is 14. The molecule has 0 aliphatic heterocycles. The zero-order valence-corrected chi connectivity index (χ0v) is 21.6.